The van der Waals surface area contributed by atoms with Gasteiger partial charge in [0.2, 0.25) is 5.91 Å². The Bertz CT molecular complexity index is 312. The monoisotopic (exact) mass is 255 g/mol. The van der Waals surface area contributed by atoms with Gasteiger partial charge in [-0.15, -0.1) is 0 Å². The lowest BCUT2D eigenvalue weighted by molar-refractivity contribution is -0.137. The van der Waals surface area contributed by atoms with Crippen molar-refractivity contribution in [2.45, 2.75) is 65.3 Å². The summed E-state index contributed by atoms with van der Waals surface area (Å²) in [7, 11) is 0. The van der Waals surface area contributed by atoms with Crippen molar-refractivity contribution in [3.05, 3.63) is 0 Å². The molecule has 1 aliphatic rings. The maximum atomic E-state index is 11.7. The zero-order chi connectivity index (χ0) is 13.8. The third-order valence-electron chi connectivity index (χ3n) is 3.55. The number of carboxylic acids is 1. The lowest BCUT2D eigenvalue weighted by atomic mass is 9.70. The van der Waals surface area contributed by atoms with Gasteiger partial charge in [-0.2, -0.15) is 0 Å². The van der Waals surface area contributed by atoms with Crippen LogP contribution in [0.3, 0.4) is 0 Å². The quantitative estimate of drug-likeness (QED) is 0.793. The fourth-order valence-electron chi connectivity index (χ4n) is 3.16. The highest BCUT2D eigenvalue weighted by atomic mass is 16.4. The molecule has 2 N–H and O–H groups in total. The second kappa shape index (κ2) is 6.21. The molecule has 104 valence electrons. The number of hydrogen-bond acceptors (Lipinski definition) is 2. The van der Waals surface area contributed by atoms with E-state index in [9.17, 15) is 9.59 Å². The lowest BCUT2D eigenvalue weighted by Gasteiger charge is -2.39. The van der Waals surface area contributed by atoms with E-state index in [0.29, 0.717) is 18.8 Å². The number of carbonyl (C=O) groups is 2. The Morgan fingerprint density at radius 2 is 1.94 bits per heavy atom. The molecule has 0 unspecified atom stereocenters. The van der Waals surface area contributed by atoms with Crippen molar-refractivity contribution in [3.8, 4) is 0 Å². The maximum Gasteiger partial charge on any atom is 0.303 e. The molecular formula is C14H25NO3. The van der Waals surface area contributed by atoms with E-state index in [1.807, 2.05) is 0 Å². The van der Waals surface area contributed by atoms with Crippen molar-refractivity contribution in [2.75, 3.05) is 0 Å². The van der Waals surface area contributed by atoms with Crippen LogP contribution < -0.4 is 5.32 Å². The van der Waals surface area contributed by atoms with E-state index in [1.165, 1.54) is 6.42 Å². The molecule has 1 fully saturated rings. The molecule has 1 aliphatic carbocycles. The van der Waals surface area contributed by atoms with Gasteiger partial charge < -0.3 is 10.4 Å². The summed E-state index contributed by atoms with van der Waals surface area (Å²) in [6.45, 7) is 6.71. The first-order chi connectivity index (χ1) is 8.28. The van der Waals surface area contributed by atoms with Crippen LogP contribution in [0.2, 0.25) is 0 Å². The molecule has 0 bridgehead atoms. The van der Waals surface area contributed by atoms with Crippen molar-refractivity contribution in [2.24, 2.45) is 11.3 Å². The third kappa shape index (κ3) is 5.52. The Morgan fingerprint density at radius 1 is 1.28 bits per heavy atom. The summed E-state index contributed by atoms with van der Waals surface area (Å²) in [5, 5.41) is 11.6. The fraction of sp³-hybridized carbons (Fsp3) is 0.857. The predicted molar refractivity (Wildman–Crippen MR) is 70.2 cm³/mol. The van der Waals surface area contributed by atoms with E-state index in [1.54, 1.807) is 0 Å². The van der Waals surface area contributed by atoms with Crippen LogP contribution in [-0.2, 0) is 9.59 Å². The molecule has 0 aromatic carbocycles. The molecule has 4 heteroatoms. The number of amides is 1. The molecule has 0 aromatic heterocycles. The summed E-state index contributed by atoms with van der Waals surface area (Å²) in [5.41, 5.74) is 0.288. The minimum absolute atomic E-state index is 0.00819. The number of rotatable bonds is 5. The van der Waals surface area contributed by atoms with Crippen LogP contribution in [-0.4, -0.2) is 23.0 Å². The summed E-state index contributed by atoms with van der Waals surface area (Å²) in [5.74, 6) is -0.209. The molecule has 0 spiro atoms. The topological polar surface area (TPSA) is 66.4 Å². The van der Waals surface area contributed by atoms with Crippen molar-refractivity contribution in [3.63, 3.8) is 0 Å². The number of aliphatic carboxylic acids is 1. The van der Waals surface area contributed by atoms with E-state index in [4.69, 9.17) is 5.11 Å². The predicted octanol–water partition coefficient (Wildman–Crippen LogP) is 2.57. The Balaban J connectivity index is 2.33. The van der Waals surface area contributed by atoms with Gasteiger partial charge in [0, 0.05) is 18.9 Å². The zero-order valence-electron chi connectivity index (χ0n) is 11.7. The van der Waals surface area contributed by atoms with E-state index >= 15 is 0 Å². The first-order valence-electron chi connectivity index (χ1n) is 6.80. The van der Waals surface area contributed by atoms with Gasteiger partial charge in [-0.25, -0.2) is 0 Å². The van der Waals surface area contributed by atoms with Crippen LogP contribution >= 0.6 is 0 Å². The molecule has 0 aliphatic heterocycles. The molecular weight excluding hydrogens is 230 g/mol. The number of carbonyl (C=O) groups excluding carboxylic acids is 1. The van der Waals surface area contributed by atoms with Crippen LogP contribution in [0.1, 0.15) is 59.3 Å². The van der Waals surface area contributed by atoms with Gasteiger partial charge in [0.05, 0.1) is 0 Å². The van der Waals surface area contributed by atoms with Gasteiger partial charge in [0.25, 0.3) is 0 Å². The largest absolute Gasteiger partial charge is 0.481 e. The van der Waals surface area contributed by atoms with Gasteiger partial charge in [-0.05, 0) is 37.0 Å². The molecule has 2 atom stereocenters. The van der Waals surface area contributed by atoms with Crippen LogP contribution in [0, 0.1) is 11.3 Å². The SMILES string of the molecule is C[C@H]1C[C@H](NC(=O)CCCC(=O)O)CC(C)(C)C1. The number of carboxylic acid groups (broad SMARTS) is 1. The summed E-state index contributed by atoms with van der Waals surface area (Å²) in [6.07, 6.45) is 4.07. The second-order valence-corrected chi connectivity index (χ2v) is 6.43. The van der Waals surface area contributed by atoms with E-state index in [2.05, 4.69) is 26.1 Å². The molecule has 0 heterocycles. The van der Waals surface area contributed by atoms with E-state index < -0.39 is 5.97 Å². The van der Waals surface area contributed by atoms with Gasteiger partial charge in [0.15, 0.2) is 0 Å². The van der Waals surface area contributed by atoms with Crippen molar-refractivity contribution >= 4 is 11.9 Å². The van der Waals surface area contributed by atoms with Crippen molar-refractivity contribution in [1.82, 2.24) is 5.32 Å². The minimum atomic E-state index is -0.838. The highest BCUT2D eigenvalue weighted by molar-refractivity contribution is 5.77. The Labute approximate surface area is 109 Å². The summed E-state index contributed by atoms with van der Waals surface area (Å²) < 4.78 is 0. The van der Waals surface area contributed by atoms with Crippen LogP contribution in [0.25, 0.3) is 0 Å². The molecule has 0 saturated heterocycles. The second-order valence-electron chi connectivity index (χ2n) is 6.43. The zero-order valence-corrected chi connectivity index (χ0v) is 11.7. The maximum absolute atomic E-state index is 11.7. The number of nitrogens with one attached hydrogen (secondary N) is 1. The molecule has 1 rings (SSSR count). The van der Waals surface area contributed by atoms with Gasteiger partial charge in [0.1, 0.15) is 0 Å². The molecule has 18 heavy (non-hydrogen) atoms. The molecule has 1 amide bonds. The van der Waals surface area contributed by atoms with Gasteiger partial charge in [-0.3, -0.25) is 9.59 Å². The molecule has 1 saturated carbocycles. The molecule has 0 aromatic rings. The highest BCUT2D eigenvalue weighted by Gasteiger charge is 2.32. The normalized spacial score (nSPS) is 26.6. The number of hydrogen-bond donors (Lipinski definition) is 2. The summed E-state index contributed by atoms with van der Waals surface area (Å²) in [4.78, 5) is 22.1. The Morgan fingerprint density at radius 3 is 2.50 bits per heavy atom. The van der Waals surface area contributed by atoms with Crippen LogP contribution in [0.4, 0.5) is 0 Å². The smallest absolute Gasteiger partial charge is 0.303 e. The summed E-state index contributed by atoms with van der Waals surface area (Å²) in [6, 6.07) is 0.251. The first-order valence-corrected chi connectivity index (χ1v) is 6.80. The van der Waals surface area contributed by atoms with Gasteiger partial charge in [-0.1, -0.05) is 20.8 Å². The molecule has 4 nitrogen and oxygen atoms in total. The highest BCUT2D eigenvalue weighted by Crippen LogP contribution is 2.38. The summed E-state index contributed by atoms with van der Waals surface area (Å²) >= 11 is 0. The average Bonchev–Trinajstić information content (AvgIpc) is 2.12. The average molecular weight is 255 g/mol. The lowest BCUT2D eigenvalue weighted by Crippen LogP contribution is -2.42. The Hall–Kier alpha value is -1.06. The molecule has 0 radical (unpaired) electrons. The third-order valence-corrected chi connectivity index (χ3v) is 3.55. The van der Waals surface area contributed by atoms with Crippen molar-refractivity contribution in [1.29, 1.82) is 0 Å². The first kappa shape index (κ1) is 15.0. The van der Waals surface area contributed by atoms with Gasteiger partial charge >= 0.3 is 5.97 Å². The Kier molecular flexibility index (Phi) is 5.17. The van der Waals surface area contributed by atoms with Crippen molar-refractivity contribution < 1.29 is 14.7 Å². The standard InChI is InChI=1S/C14H25NO3/c1-10-7-11(9-14(2,3)8-10)15-12(16)5-4-6-13(17)18/h10-11H,4-9H2,1-3H3,(H,15,16)(H,17,18)/t10-,11-/m0/s1. The van der Waals surface area contributed by atoms with E-state index in [-0.39, 0.29) is 23.8 Å². The van der Waals surface area contributed by atoms with Crippen LogP contribution in [0.5, 0.6) is 0 Å². The minimum Gasteiger partial charge on any atom is -0.481 e. The van der Waals surface area contributed by atoms with Crippen LogP contribution in [0.15, 0.2) is 0 Å². The fourth-order valence-corrected chi connectivity index (χ4v) is 3.16. The van der Waals surface area contributed by atoms with E-state index in [0.717, 1.165) is 12.8 Å².